The molecule has 0 unspecified atom stereocenters. The van der Waals surface area contributed by atoms with Gasteiger partial charge in [0.25, 0.3) is 5.91 Å². The van der Waals surface area contributed by atoms with Crippen LogP contribution in [-0.4, -0.2) is 47.1 Å². The van der Waals surface area contributed by atoms with Crippen LogP contribution >= 0.6 is 0 Å². The molecule has 0 bridgehead atoms. The van der Waals surface area contributed by atoms with Crippen LogP contribution in [0.3, 0.4) is 0 Å². The number of hydrogen-bond donors (Lipinski definition) is 2. The third kappa shape index (κ3) is 2.82. The molecule has 0 saturated carbocycles. The first kappa shape index (κ1) is 15.6. The van der Waals surface area contributed by atoms with E-state index in [1.165, 1.54) is 6.08 Å². The van der Waals surface area contributed by atoms with Crippen LogP contribution in [-0.2, 0) is 9.59 Å². The standard InChI is InChI=1S/C17H21N3O3/c1-13(21)19-11-17(12-19)9-4-10-20(17)15-6-3-2-5-14(15)7-8-16(22)18-23/h2-3,5-8,23H,4,9-12H2,1H3,(H,18,22)/b8-7+. The van der Waals surface area contributed by atoms with Gasteiger partial charge in [-0.3, -0.25) is 14.8 Å². The van der Waals surface area contributed by atoms with Crippen LogP contribution in [0, 0.1) is 0 Å². The van der Waals surface area contributed by atoms with Crippen molar-refractivity contribution in [3.63, 3.8) is 0 Å². The number of nitrogens with one attached hydrogen (secondary N) is 1. The van der Waals surface area contributed by atoms with E-state index in [0.29, 0.717) is 0 Å². The summed E-state index contributed by atoms with van der Waals surface area (Å²) in [6.45, 7) is 4.08. The van der Waals surface area contributed by atoms with Gasteiger partial charge in [-0.05, 0) is 30.5 Å². The van der Waals surface area contributed by atoms with Gasteiger partial charge in [-0.15, -0.1) is 0 Å². The fourth-order valence-electron chi connectivity index (χ4n) is 3.61. The van der Waals surface area contributed by atoms with Crippen molar-refractivity contribution in [3.05, 3.63) is 35.9 Å². The summed E-state index contributed by atoms with van der Waals surface area (Å²) in [5, 5.41) is 8.61. The predicted octanol–water partition coefficient (Wildman–Crippen LogP) is 1.41. The minimum absolute atomic E-state index is 0.0227. The predicted molar refractivity (Wildman–Crippen MR) is 87.0 cm³/mol. The molecule has 2 aliphatic heterocycles. The lowest BCUT2D eigenvalue weighted by Crippen LogP contribution is -2.69. The number of amides is 2. The van der Waals surface area contributed by atoms with E-state index in [1.807, 2.05) is 29.2 Å². The zero-order valence-electron chi connectivity index (χ0n) is 13.2. The second-order valence-electron chi connectivity index (χ2n) is 6.22. The van der Waals surface area contributed by atoms with Crippen molar-refractivity contribution >= 4 is 23.6 Å². The van der Waals surface area contributed by atoms with E-state index in [2.05, 4.69) is 4.90 Å². The first-order valence-electron chi connectivity index (χ1n) is 7.80. The Morgan fingerprint density at radius 1 is 1.30 bits per heavy atom. The quantitative estimate of drug-likeness (QED) is 0.502. The van der Waals surface area contributed by atoms with E-state index in [4.69, 9.17) is 5.21 Å². The van der Waals surface area contributed by atoms with Gasteiger partial charge in [0.15, 0.2) is 0 Å². The molecule has 2 amide bonds. The van der Waals surface area contributed by atoms with E-state index in [-0.39, 0.29) is 11.4 Å². The minimum atomic E-state index is -0.553. The van der Waals surface area contributed by atoms with E-state index >= 15 is 0 Å². The number of hydrogen-bond acceptors (Lipinski definition) is 4. The van der Waals surface area contributed by atoms with Gasteiger partial charge in [-0.1, -0.05) is 18.2 Å². The van der Waals surface area contributed by atoms with Gasteiger partial charge in [-0.25, -0.2) is 5.48 Å². The van der Waals surface area contributed by atoms with Gasteiger partial charge in [0.1, 0.15) is 0 Å². The number of nitrogens with zero attached hydrogens (tertiary/aromatic N) is 2. The minimum Gasteiger partial charge on any atom is -0.362 e. The molecule has 2 aliphatic rings. The molecule has 0 radical (unpaired) electrons. The zero-order valence-corrected chi connectivity index (χ0v) is 13.2. The van der Waals surface area contributed by atoms with Crippen LogP contribution < -0.4 is 10.4 Å². The maximum absolute atomic E-state index is 11.5. The number of anilines is 1. The second-order valence-corrected chi connectivity index (χ2v) is 6.22. The first-order chi connectivity index (χ1) is 11.1. The van der Waals surface area contributed by atoms with Crippen molar-refractivity contribution in [1.29, 1.82) is 0 Å². The largest absolute Gasteiger partial charge is 0.362 e. The monoisotopic (exact) mass is 315 g/mol. The summed E-state index contributed by atoms with van der Waals surface area (Å²) < 4.78 is 0. The average molecular weight is 315 g/mol. The van der Waals surface area contributed by atoms with Crippen LogP contribution in [0.15, 0.2) is 30.3 Å². The molecule has 0 aliphatic carbocycles. The van der Waals surface area contributed by atoms with Crippen molar-refractivity contribution in [1.82, 2.24) is 10.4 Å². The summed E-state index contributed by atoms with van der Waals surface area (Å²) in [5.74, 6) is -0.433. The zero-order chi connectivity index (χ0) is 16.4. The summed E-state index contributed by atoms with van der Waals surface area (Å²) >= 11 is 0. The van der Waals surface area contributed by atoms with Gasteiger partial charge < -0.3 is 9.80 Å². The Morgan fingerprint density at radius 3 is 2.74 bits per heavy atom. The molecule has 2 saturated heterocycles. The Morgan fingerprint density at radius 2 is 2.04 bits per heavy atom. The smallest absolute Gasteiger partial charge is 0.267 e. The van der Waals surface area contributed by atoms with Crippen LogP contribution in [0.25, 0.3) is 6.08 Å². The number of hydroxylamine groups is 1. The van der Waals surface area contributed by atoms with Crippen molar-refractivity contribution in [2.24, 2.45) is 0 Å². The van der Waals surface area contributed by atoms with E-state index < -0.39 is 5.91 Å². The molecule has 2 fully saturated rings. The number of rotatable bonds is 3. The van der Waals surface area contributed by atoms with Gasteiger partial charge in [-0.2, -0.15) is 0 Å². The maximum atomic E-state index is 11.5. The lowest BCUT2D eigenvalue weighted by atomic mass is 9.86. The molecule has 122 valence electrons. The van der Waals surface area contributed by atoms with Crippen LogP contribution in [0.2, 0.25) is 0 Å². The Hall–Kier alpha value is -2.34. The molecule has 1 aromatic carbocycles. The molecule has 23 heavy (non-hydrogen) atoms. The number of carbonyl (C=O) groups is 2. The normalized spacial score (nSPS) is 19.2. The van der Waals surface area contributed by atoms with Crippen molar-refractivity contribution in [3.8, 4) is 0 Å². The SMILES string of the molecule is CC(=O)N1CC2(CCCN2c2ccccc2/C=C/C(=O)NO)C1. The van der Waals surface area contributed by atoms with E-state index in [0.717, 1.165) is 43.7 Å². The fraction of sp³-hybridized carbons (Fsp3) is 0.412. The third-order valence-corrected chi connectivity index (χ3v) is 4.76. The molecule has 2 N–H and O–H groups in total. The van der Waals surface area contributed by atoms with E-state index in [1.54, 1.807) is 18.5 Å². The lowest BCUT2D eigenvalue weighted by Gasteiger charge is -2.53. The average Bonchev–Trinajstić information content (AvgIpc) is 2.96. The van der Waals surface area contributed by atoms with Crippen molar-refractivity contribution in [2.45, 2.75) is 25.3 Å². The van der Waals surface area contributed by atoms with Gasteiger partial charge in [0.05, 0.1) is 5.54 Å². The van der Waals surface area contributed by atoms with Crippen LogP contribution in [0.4, 0.5) is 5.69 Å². The van der Waals surface area contributed by atoms with Gasteiger partial charge in [0.2, 0.25) is 5.91 Å². The van der Waals surface area contributed by atoms with Crippen LogP contribution in [0.1, 0.15) is 25.3 Å². The number of para-hydroxylation sites is 1. The highest BCUT2D eigenvalue weighted by atomic mass is 16.5. The van der Waals surface area contributed by atoms with Crippen molar-refractivity contribution < 1.29 is 14.8 Å². The highest BCUT2D eigenvalue weighted by molar-refractivity contribution is 5.92. The molecule has 0 aromatic heterocycles. The molecule has 0 atom stereocenters. The first-order valence-corrected chi connectivity index (χ1v) is 7.80. The molecule has 6 nitrogen and oxygen atoms in total. The molecule has 3 rings (SSSR count). The summed E-state index contributed by atoms with van der Waals surface area (Å²) in [4.78, 5) is 27.0. The van der Waals surface area contributed by atoms with Crippen molar-refractivity contribution in [2.75, 3.05) is 24.5 Å². The maximum Gasteiger partial charge on any atom is 0.267 e. The van der Waals surface area contributed by atoms with Gasteiger partial charge in [0, 0.05) is 38.3 Å². The molecule has 6 heteroatoms. The summed E-state index contributed by atoms with van der Waals surface area (Å²) in [6.07, 6.45) is 5.19. The number of likely N-dealkylation sites (tertiary alicyclic amines) is 1. The number of benzene rings is 1. The Balaban J connectivity index is 1.85. The summed E-state index contributed by atoms with van der Waals surface area (Å²) in [7, 11) is 0. The molecular weight excluding hydrogens is 294 g/mol. The Labute approximate surface area is 135 Å². The second kappa shape index (κ2) is 6.04. The number of carbonyl (C=O) groups excluding carboxylic acids is 2. The van der Waals surface area contributed by atoms with E-state index in [9.17, 15) is 9.59 Å². The van der Waals surface area contributed by atoms with Crippen LogP contribution in [0.5, 0.6) is 0 Å². The summed E-state index contributed by atoms with van der Waals surface area (Å²) in [5.41, 5.74) is 3.61. The fourth-order valence-corrected chi connectivity index (χ4v) is 3.61. The summed E-state index contributed by atoms with van der Waals surface area (Å²) in [6, 6.07) is 7.89. The lowest BCUT2D eigenvalue weighted by molar-refractivity contribution is -0.135. The Bertz CT molecular complexity index is 650. The molecule has 1 spiro atoms. The Kier molecular flexibility index (Phi) is 4.09. The molecule has 1 aromatic rings. The topological polar surface area (TPSA) is 72.9 Å². The molecule has 2 heterocycles. The third-order valence-electron chi connectivity index (χ3n) is 4.76. The highest BCUT2D eigenvalue weighted by Crippen LogP contribution is 2.42. The van der Waals surface area contributed by atoms with Gasteiger partial charge >= 0.3 is 0 Å². The molecular formula is C17H21N3O3. The highest BCUT2D eigenvalue weighted by Gasteiger charge is 2.51.